The van der Waals surface area contributed by atoms with Crippen molar-refractivity contribution in [1.29, 1.82) is 0 Å². The average molecular weight is 385 g/mol. The number of nitrogens with two attached hydrogens (primary N) is 1. The zero-order valence-electron chi connectivity index (χ0n) is 16.2. The van der Waals surface area contributed by atoms with Crippen molar-refractivity contribution in [2.24, 2.45) is 0 Å². The molecule has 0 unspecified atom stereocenters. The Kier molecular flexibility index (Phi) is 8.30. The highest BCUT2D eigenvalue weighted by atomic mass is 16.5. The molecule has 4 N–H and O–H groups in total. The molecule has 0 bridgehead atoms. The number of carbonyl (C=O) groups excluding carboxylic acids is 2. The number of aliphatic carboxylic acids is 1. The number of aryl methyl sites for hydroxylation is 1. The van der Waals surface area contributed by atoms with Gasteiger partial charge in [-0.25, -0.2) is 0 Å². The van der Waals surface area contributed by atoms with E-state index in [1.165, 1.54) is 5.56 Å². The summed E-state index contributed by atoms with van der Waals surface area (Å²) in [5.74, 6) is -0.895. The monoisotopic (exact) mass is 385 g/mol. The summed E-state index contributed by atoms with van der Waals surface area (Å²) in [7, 11) is 1.59. The van der Waals surface area contributed by atoms with Crippen LogP contribution in [-0.2, 0) is 16.0 Å². The predicted molar refractivity (Wildman–Crippen MR) is 106 cm³/mol. The van der Waals surface area contributed by atoms with Gasteiger partial charge in [-0.15, -0.1) is 0 Å². The van der Waals surface area contributed by atoms with E-state index in [4.69, 9.17) is 4.74 Å². The fourth-order valence-corrected chi connectivity index (χ4v) is 2.78. The molecule has 0 aromatic heterocycles. The molecule has 0 saturated heterocycles. The minimum Gasteiger partial charge on any atom is -0.544 e. The number of para-hydroxylation sites is 2. The Morgan fingerprint density at radius 2 is 1.86 bits per heavy atom. The second kappa shape index (κ2) is 10.9. The number of rotatable bonds is 11. The summed E-state index contributed by atoms with van der Waals surface area (Å²) >= 11 is 0. The first-order valence-electron chi connectivity index (χ1n) is 9.33. The van der Waals surface area contributed by atoms with Crippen LogP contribution in [0.25, 0.3) is 0 Å². The third kappa shape index (κ3) is 6.59. The molecule has 0 aliphatic heterocycles. The fraction of sp³-hybridized carbons (Fsp3) is 0.333. The van der Waals surface area contributed by atoms with E-state index in [1.54, 1.807) is 12.4 Å². The van der Waals surface area contributed by atoms with Crippen LogP contribution in [0.15, 0.2) is 48.5 Å². The molecule has 2 rings (SSSR count). The maximum Gasteiger partial charge on any atom is 0.230 e. The minimum absolute atomic E-state index is 0.160. The van der Waals surface area contributed by atoms with Crippen LogP contribution in [0.2, 0.25) is 0 Å². The van der Waals surface area contributed by atoms with Crippen LogP contribution in [-0.4, -0.2) is 38.1 Å². The van der Waals surface area contributed by atoms with Crippen molar-refractivity contribution in [3.05, 3.63) is 54.1 Å². The average Bonchev–Trinajstić information content (AvgIpc) is 2.70. The highest BCUT2D eigenvalue weighted by Crippen LogP contribution is 2.22. The van der Waals surface area contributed by atoms with Crippen molar-refractivity contribution >= 4 is 23.3 Å². The van der Waals surface area contributed by atoms with Gasteiger partial charge >= 0.3 is 0 Å². The summed E-state index contributed by atoms with van der Waals surface area (Å²) in [6.45, 7) is 3.04. The van der Waals surface area contributed by atoms with Gasteiger partial charge < -0.3 is 30.6 Å². The zero-order chi connectivity index (χ0) is 20.4. The lowest BCUT2D eigenvalue weighted by Gasteiger charge is -2.17. The largest absolute Gasteiger partial charge is 0.544 e. The maximum absolute atomic E-state index is 12.2. The molecule has 2 aromatic rings. The van der Waals surface area contributed by atoms with Gasteiger partial charge in [0, 0.05) is 5.69 Å². The van der Waals surface area contributed by atoms with E-state index < -0.39 is 12.0 Å². The summed E-state index contributed by atoms with van der Waals surface area (Å²) in [6, 6.07) is 14.0. The number of ether oxygens (including phenoxy) is 1. The summed E-state index contributed by atoms with van der Waals surface area (Å²) in [5, 5.41) is 18.9. The number of benzene rings is 2. The number of hydrogen-bond donors (Lipinski definition) is 3. The van der Waals surface area contributed by atoms with Crippen LogP contribution < -0.4 is 25.8 Å². The SMILES string of the molecule is CCc1ccc(NC(=O)C[C@H]([NH2+]CCNc2ccccc2OC)C(=O)[O-])cc1. The molecule has 0 fully saturated rings. The highest BCUT2D eigenvalue weighted by molar-refractivity contribution is 5.93. The van der Waals surface area contributed by atoms with E-state index in [1.807, 2.05) is 48.5 Å². The molecule has 1 amide bonds. The molecule has 0 spiro atoms. The molecule has 0 heterocycles. The van der Waals surface area contributed by atoms with E-state index in [2.05, 4.69) is 17.6 Å². The van der Waals surface area contributed by atoms with Crippen molar-refractivity contribution in [3.63, 3.8) is 0 Å². The van der Waals surface area contributed by atoms with Crippen LogP contribution in [0.1, 0.15) is 18.9 Å². The molecule has 0 saturated carbocycles. The Morgan fingerprint density at radius 1 is 1.14 bits per heavy atom. The topological polar surface area (TPSA) is 107 Å². The number of nitrogens with one attached hydrogen (secondary N) is 2. The molecule has 0 aliphatic rings. The summed E-state index contributed by atoms with van der Waals surface area (Å²) in [6.07, 6.45) is 0.755. The Labute approximate surface area is 165 Å². The van der Waals surface area contributed by atoms with E-state index in [0.717, 1.165) is 12.1 Å². The Morgan fingerprint density at radius 3 is 2.50 bits per heavy atom. The van der Waals surface area contributed by atoms with Gasteiger partial charge in [0.2, 0.25) is 5.91 Å². The number of carboxylic acids is 1. The Hall–Kier alpha value is -3.06. The number of amides is 1. The number of hydrogen-bond acceptors (Lipinski definition) is 5. The molecule has 0 aliphatic carbocycles. The van der Waals surface area contributed by atoms with Gasteiger partial charge in [0.15, 0.2) is 0 Å². The third-order valence-corrected chi connectivity index (χ3v) is 4.37. The predicted octanol–water partition coefficient (Wildman–Crippen LogP) is 0.380. The van der Waals surface area contributed by atoms with Gasteiger partial charge in [0.1, 0.15) is 11.8 Å². The lowest BCUT2D eigenvalue weighted by atomic mass is 10.1. The molecule has 7 heteroatoms. The van der Waals surface area contributed by atoms with Crippen molar-refractivity contribution in [3.8, 4) is 5.75 Å². The first-order chi connectivity index (χ1) is 13.5. The smallest absolute Gasteiger partial charge is 0.230 e. The molecular weight excluding hydrogens is 358 g/mol. The second-order valence-corrected chi connectivity index (χ2v) is 6.38. The Bertz CT molecular complexity index is 777. The van der Waals surface area contributed by atoms with Crippen LogP contribution in [0, 0.1) is 0 Å². The molecular formula is C21H27N3O4. The lowest BCUT2D eigenvalue weighted by molar-refractivity contribution is -0.680. The molecule has 1 atom stereocenters. The van der Waals surface area contributed by atoms with Gasteiger partial charge in [0.25, 0.3) is 0 Å². The normalized spacial score (nSPS) is 11.5. The van der Waals surface area contributed by atoms with Crippen LogP contribution in [0.4, 0.5) is 11.4 Å². The van der Waals surface area contributed by atoms with Crippen molar-refractivity contribution < 1.29 is 24.7 Å². The first-order valence-corrected chi connectivity index (χ1v) is 9.33. The molecule has 2 aromatic carbocycles. The molecule has 7 nitrogen and oxygen atoms in total. The fourth-order valence-electron chi connectivity index (χ4n) is 2.78. The van der Waals surface area contributed by atoms with Gasteiger partial charge in [-0.2, -0.15) is 0 Å². The van der Waals surface area contributed by atoms with Crippen molar-refractivity contribution in [2.45, 2.75) is 25.8 Å². The van der Waals surface area contributed by atoms with E-state index >= 15 is 0 Å². The number of carboxylic acid groups (broad SMARTS) is 1. The Balaban J connectivity index is 1.80. The first kappa shape index (κ1) is 21.2. The molecule has 150 valence electrons. The van der Waals surface area contributed by atoms with Crippen molar-refractivity contribution in [2.75, 3.05) is 30.8 Å². The van der Waals surface area contributed by atoms with E-state index in [-0.39, 0.29) is 12.3 Å². The lowest BCUT2D eigenvalue weighted by Crippen LogP contribution is -2.94. The number of quaternary nitrogens is 1. The van der Waals surface area contributed by atoms with Crippen LogP contribution in [0.3, 0.4) is 0 Å². The molecule has 28 heavy (non-hydrogen) atoms. The standard InChI is InChI=1S/C21H27N3O4/c1-3-15-8-10-16(11-9-15)24-20(25)14-18(21(26)27)23-13-12-22-17-6-4-5-7-19(17)28-2/h4-11,18,22-23H,3,12-14H2,1-2H3,(H,24,25)(H,26,27)/t18-/m0/s1. The van der Waals surface area contributed by atoms with Gasteiger partial charge in [-0.1, -0.05) is 31.2 Å². The number of carbonyl (C=O) groups is 2. The third-order valence-electron chi connectivity index (χ3n) is 4.37. The van der Waals surface area contributed by atoms with E-state index in [0.29, 0.717) is 24.5 Å². The van der Waals surface area contributed by atoms with Gasteiger partial charge in [-0.05, 0) is 36.2 Å². The van der Waals surface area contributed by atoms with Gasteiger partial charge in [-0.3, -0.25) is 4.79 Å². The molecule has 0 radical (unpaired) electrons. The highest BCUT2D eigenvalue weighted by Gasteiger charge is 2.18. The zero-order valence-corrected chi connectivity index (χ0v) is 16.2. The van der Waals surface area contributed by atoms with Crippen LogP contribution >= 0.6 is 0 Å². The number of anilines is 2. The summed E-state index contributed by atoms with van der Waals surface area (Å²) in [5.41, 5.74) is 2.65. The van der Waals surface area contributed by atoms with Crippen molar-refractivity contribution in [1.82, 2.24) is 0 Å². The number of methoxy groups -OCH3 is 1. The maximum atomic E-state index is 12.2. The van der Waals surface area contributed by atoms with Crippen LogP contribution in [0.5, 0.6) is 5.75 Å². The summed E-state index contributed by atoms with van der Waals surface area (Å²) < 4.78 is 5.26. The quantitative estimate of drug-likeness (QED) is 0.485. The van der Waals surface area contributed by atoms with E-state index in [9.17, 15) is 14.7 Å². The minimum atomic E-state index is -1.26. The summed E-state index contributed by atoms with van der Waals surface area (Å²) in [4.78, 5) is 23.5. The van der Waals surface area contributed by atoms with Gasteiger partial charge in [0.05, 0.1) is 38.3 Å². The second-order valence-electron chi connectivity index (χ2n) is 6.38.